The normalized spacial score (nSPS) is 11.8. The van der Waals surface area contributed by atoms with E-state index >= 15 is 0 Å². The lowest BCUT2D eigenvalue weighted by molar-refractivity contribution is 1.07. The first-order valence-electron chi connectivity index (χ1n) is 15.3. The van der Waals surface area contributed by atoms with Crippen LogP contribution in [0.1, 0.15) is 16.7 Å². The fourth-order valence-electron chi connectivity index (χ4n) is 6.82. The van der Waals surface area contributed by atoms with Crippen LogP contribution in [0, 0.1) is 11.3 Å². The average molecular weight is 588 g/mol. The van der Waals surface area contributed by atoms with Gasteiger partial charge in [-0.3, -0.25) is 0 Å². The summed E-state index contributed by atoms with van der Waals surface area (Å²) in [5.74, 6) is 1.69. The molecule has 2 heterocycles. The quantitative estimate of drug-likeness (QED) is 0.206. The SMILES string of the molecule is N#Cc1cccc(-c2nc(-c3ccccc3)nc(-c3cccc(-n4c5ccccc5c5ccc6c(c54)Cc4ccccc4-6)c3)n2)c1. The smallest absolute Gasteiger partial charge is 0.164 e. The highest BCUT2D eigenvalue weighted by atomic mass is 15.0. The van der Waals surface area contributed by atoms with E-state index in [4.69, 9.17) is 15.0 Å². The number of hydrogen-bond donors (Lipinski definition) is 0. The Morgan fingerprint density at radius 1 is 0.543 bits per heavy atom. The van der Waals surface area contributed by atoms with Crippen LogP contribution < -0.4 is 0 Å². The van der Waals surface area contributed by atoms with Gasteiger partial charge < -0.3 is 4.57 Å². The molecule has 0 atom stereocenters. The molecule has 0 saturated carbocycles. The van der Waals surface area contributed by atoms with Crippen molar-refractivity contribution in [1.29, 1.82) is 5.26 Å². The molecule has 1 aliphatic carbocycles. The zero-order valence-electron chi connectivity index (χ0n) is 24.7. The van der Waals surface area contributed by atoms with Crippen LogP contribution in [-0.4, -0.2) is 19.5 Å². The van der Waals surface area contributed by atoms with Crippen LogP contribution in [0.4, 0.5) is 0 Å². The molecule has 46 heavy (non-hydrogen) atoms. The average Bonchev–Trinajstić information content (AvgIpc) is 3.68. The predicted octanol–water partition coefficient (Wildman–Crippen LogP) is 9.41. The third-order valence-electron chi connectivity index (χ3n) is 8.90. The highest BCUT2D eigenvalue weighted by molar-refractivity contribution is 6.12. The molecule has 2 aromatic heterocycles. The van der Waals surface area contributed by atoms with E-state index in [1.807, 2.05) is 48.5 Å². The largest absolute Gasteiger partial charge is 0.309 e. The van der Waals surface area contributed by atoms with E-state index in [9.17, 15) is 5.26 Å². The van der Waals surface area contributed by atoms with Crippen LogP contribution >= 0.6 is 0 Å². The van der Waals surface area contributed by atoms with Gasteiger partial charge in [0.2, 0.25) is 0 Å². The van der Waals surface area contributed by atoms with E-state index in [1.54, 1.807) is 6.07 Å². The number of nitrogens with zero attached hydrogens (tertiary/aromatic N) is 5. The maximum Gasteiger partial charge on any atom is 0.164 e. The van der Waals surface area contributed by atoms with Gasteiger partial charge in [-0.15, -0.1) is 0 Å². The van der Waals surface area contributed by atoms with Crippen molar-refractivity contribution >= 4 is 21.8 Å². The van der Waals surface area contributed by atoms with Crippen molar-refractivity contribution in [2.24, 2.45) is 0 Å². The van der Waals surface area contributed by atoms with Crippen LogP contribution in [0.3, 0.4) is 0 Å². The second kappa shape index (κ2) is 10.4. The standard InChI is InChI=1S/C41H25N5/c42-25-26-10-8-14-29(22-26)40-43-39(27-11-2-1-3-12-27)44-41(45-40)30-15-9-16-31(23-30)46-37-19-7-6-18-34(37)35-21-20-33-32-17-5-4-13-28(32)24-36(33)38(35)46/h1-23H,24H2. The Morgan fingerprint density at radius 3 is 2.04 bits per heavy atom. The first-order chi connectivity index (χ1) is 22.7. The summed E-state index contributed by atoms with van der Waals surface area (Å²) in [7, 11) is 0. The molecule has 0 saturated heterocycles. The number of benzene rings is 6. The van der Waals surface area contributed by atoms with Crippen LogP contribution in [-0.2, 0) is 6.42 Å². The van der Waals surface area contributed by atoms with Crippen molar-refractivity contribution in [3.8, 4) is 57.0 Å². The van der Waals surface area contributed by atoms with Crippen LogP contribution in [0.25, 0.3) is 72.8 Å². The van der Waals surface area contributed by atoms with Crippen molar-refractivity contribution < 1.29 is 0 Å². The summed E-state index contributed by atoms with van der Waals surface area (Å²) in [4.78, 5) is 14.8. The van der Waals surface area contributed by atoms with Gasteiger partial charge in [-0.2, -0.15) is 5.26 Å². The van der Waals surface area contributed by atoms with Gasteiger partial charge in [0.25, 0.3) is 0 Å². The van der Waals surface area contributed by atoms with Crippen molar-refractivity contribution in [3.05, 3.63) is 156 Å². The minimum absolute atomic E-state index is 0.527. The topological polar surface area (TPSA) is 67.4 Å². The predicted molar refractivity (Wildman–Crippen MR) is 183 cm³/mol. The third kappa shape index (κ3) is 4.12. The summed E-state index contributed by atoms with van der Waals surface area (Å²) in [6.45, 7) is 0. The number of hydrogen-bond acceptors (Lipinski definition) is 4. The van der Waals surface area contributed by atoms with Gasteiger partial charge in [0, 0.05) is 39.6 Å². The lowest BCUT2D eigenvalue weighted by Crippen LogP contribution is -2.01. The first kappa shape index (κ1) is 26.1. The highest BCUT2D eigenvalue weighted by Gasteiger charge is 2.24. The maximum absolute atomic E-state index is 9.55. The summed E-state index contributed by atoms with van der Waals surface area (Å²) in [5, 5.41) is 12.0. The molecule has 0 unspecified atom stereocenters. The number of rotatable bonds is 4. The van der Waals surface area contributed by atoms with Crippen molar-refractivity contribution in [2.75, 3.05) is 0 Å². The Morgan fingerprint density at radius 2 is 1.22 bits per heavy atom. The minimum atomic E-state index is 0.527. The molecule has 0 N–H and O–H groups in total. The maximum atomic E-state index is 9.55. The van der Waals surface area contributed by atoms with Crippen LogP contribution in [0.15, 0.2) is 140 Å². The Bertz CT molecular complexity index is 2520. The molecule has 1 aliphatic rings. The molecule has 0 bridgehead atoms. The van der Waals surface area contributed by atoms with E-state index in [0.717, 1.165) is 34.3 Å². The molecule has 8 aromatic rings. The third-order valence-corrected chi connectivity index (χ3v) is 8.90. The van der Waals surface area contributed by atoms with E-state index in [2.05, 4.69) is 95.6 Å². The minimum Gasteiger partial charge on any atom is -0.309 e. The molecule has 0 aliphatic heterocycles. The molecule has 5 nitrogen and oxygen atoms in total. The Labute approximate surface area is 265 Å². The molecule has 0 amide bonds. The zero-order chi connectivity index (χ0) is 30.6. The van der Waals surface area contributed by atoms with Gasteiger partial charge in [0.1, 0.15) is 0 Å². The highest BCUT2D eigenvalue weighted by Crippen LogP contribution is 2.44. The number of para-hydroxylation sites is 1. The van der Waals surface area contributed by atoms with Crippen molar-refractivity contribution in [1.82, 2.24) is 19.5 Å². The summed E-state index contributed by atoms with van der Waals surface area (Å²) in [6, 6.07) is 50.0. The van der Waals surface area contributed by atoms with Crippen LogP contribution in [0.2, 0.25) is 0 Å². The summed E-state index contributed by atoms with van der Waals surface area (Å²) in [6.07, 6.45) is 0.901. The van der Waals surface area contributed by atoms with E-state index in [1.165, 1.54) is 38.5 Å². The van der Waals surface area contributed by atoms with E-state index in [0.29, 0.717) is 23.0 Å². The molecule has 9 rings (SSSR count). The molecule has 0 radical (unpaired) electrons. The van der Waals surface area contributed by atoms with Gasteiger partial charge in [-0.25, -0.2) is 15.0 Å². The van der Waals surface area contributed by atoms with E-state index in [-0.39, 0.29) is 0 Å². The molecule has 5 heteroatoms. The van der Waals surface area contributed by atoms with Gasteiger partial charge in [-0.1, -0.05) is 109 Å². The van der Waals surface area contributed by atoms with Gasteiger partial charge in [0.05, 0.1) is 22.7 Å². The zero-order valence-corrected chi connectivity index (χ0v) is 24.7. The first-order valence-corrected chi connectivity index (χ1v) is 15.3. The summed E-state index contributed by atoms with van der Waals surface area (Å²) >= 11 is 0. The van der Waals surface area contributed by atoms with Crippen molar-refractivity contribution in [3.63, 3.8) is 0 Å². The van der Waals surface area contributed by atoms with Gasteiger partial charge >= 0.3 is 0 Å². The van der Waals surface area contributed by atoms with E-state index < -0.39 is 0 Å². The Hall–Kier alpha value is -6.38. The Kier molecular flexibility index (Phi) is 5.87. The summed E-state index contributed by atoms with van der Waals surface area (Å²) < 4.78 is 2.40. The number of fused-ring (bicyclic) bond motifs is 7. The molecule has 0 spiro atoms. The Balaban J connectivity index is 1.26. The molecule has 0 fully saturated rings. The van der Waals surface area contributed by atoms with Crippen LogP contribution in [0.5, 0.6) is 0 Å². The number of nitriles is 1. The number of aromatic nitrogens is 4. The fourth-order valence-corrected chi connectivity index (χ4v) is 6.82. The van der Waals surface area contributed by atoms with Gasteiger partial charge in [-0.05, 0) is 52.6 Å². The molecular weight excluding hydrogens is 562 g/mol. The monoisotopic (exact) mass is 587 g/mol. The second-order valence-electron chi connectivity index (χ2n) is 11.6. The van der Waals surface area contributed by atoms with Gasteiger partial charge in [0.15, 0.2) is 17.5 Å². The molecule has 214 valence electrons. The lowest BCUT2D eigenvalue weighted by atomic mass is 10.0. The van der Waals surface area contributed by atoms with Crippen molar-refractivity contribution in [2.45, 2.75) is 6.42 Å². The second-order valence-corrected chi connectivity index (χ2v) is 11.6. The molecular formula is C41H25N5. The molecule has 6 aromatic carbocycles. The fraction of sp³-hybridized carbons (Fsp3) is 0.0244. The summed E-state index contributed by atoms with van der Waals surface area (Å²) in [5.41, 5.74) is 11.9. The lowest BCUT2D eigenvalue weighted by Gasteiger charge is -2.13.